The first kappa shape index (κ1) is 18.1. The summed E-state index contributed by atoms with van der Waals surface area (Å²) in [6.45, 7) is 8.21. The van der Waals surface area contributed by atoms with Crippen LogP contribution in [0.25, 0.3) is 6.08 Å². The largest absolute Gasteiger partial charge is 0.372 e. The Morgan fingerprint density at radius 1 is 1.12 bits per heavy atom. The van der Waals surface area contributed by atoms with Gasteiger partial charge in [0, 0.05) is 18.8 Å². The first-order valence-electron chi connectivity index (χ1n) is 8.82. The van der Waals surface area contributed by atoms with Crippen molar-refractivity contribution in [2.45, 2.75) is 20.8 Å². The molecule has 3 rings (SSSR count). The van der Waals surface area contributed by atoms with Crippen LogP contribution in [-0.2, 0) is 4.79 Å². The topological polar surface area (TPSA) is 35.6 Å². The average Bonchev–Trinajstić information content (AvgIpc) is 2.91. The van der Waals surface area contributed by atoms with Crippen LogP contribution in [0.3, 0.4) is 0 Å². The molecular weight excluding hydrogens is 342 g/mol. The molecule has 4 nitrogen and oxygen atoms in total. The maximum atomic E-state index is 12.8. The molecule has 1 aliphatic rings. The zero-order valence-corrected chi connectivity index (χ0v) is 16.1. The zero-order valence-electron chi connectivity index (χ0n) is 15.3. The molecule has 0 bridgehead atoms. The number of thiocarbonyl (C=S) groups is 1. The lowest BCUT2D eigenvalue weighted by Crippen LogP contribution is -2.30. The van der Waals surface area contributed by atoms with Gasteiger partial charge in [0.05, 0.1) is 5.69 Å². The van der Waals surface area contributed by atoms with Gasteiger partial charge in [0.1, 0.15) is 5.70 Å². The van der Waals surface area contributed by atoms with Gasteiger partial charge in [0.15, 0.2) is 5.11 Å². The molecule has 5 heteroatoms. The lowest BCUT2D eigenvalue weighted by atomic mass is 10.1. The molecule has 0 saturated carbocycles. The van der Waals surface area contributed by atoms with Gasteiger partial charge in [-0.2, -0.15) is 0 Å². The third kappa shape index (κ3) is 3.63. The second kappa shape index (κ2) is 7.70. The third-order valence-electron chi connectivity index (χ3n) is 4.47. The Morgan fingerprint density at radius 3 is 2.42 bits per heavy atom. The number of nitrogens with one attached hydrogen (secondary N) is 1. The quantitative estimate of drug-likeness (QED) is 0.639. The predicted molar refractivity (Wildman–Crippen MR) is 112 cm³/mol. The number of aryl methyl sites for hydroxylation is 1. The highest BCUT2D eigenvalue weighted by atomic mass is 32.1. The van der Waals surface area contributed by atoms with Gasteiger partial charge in [-0.3, -0.25) is 9.69 Å². The first-order valence-corrected chi connectivity index (χ1v) is 9.23. The van der Waals surface area contributed by atoms with E-state index in [1.165, 1.54) is 5.69 Å². The van der Waals surface area contributed by atoms with Gasteiger partial charge < -0.3 is 10.2 Å². The number of carbonyl (C=O) groups excluding carboxylic acids is 1. The Balaban J connectivity index is 1.84. The maximum absolute atomic E-state index is 12.8. The Labute approximate surface area is 160 Å². The minimum Gasteiger partial charge on any atom is -0.372 e. The molecule has 1 aliphatic heterocycles. The predicted octanol–water partition coefficient (Wildman–Crippen LogP) is 4.10. The second-order valence-electron chi connectivity index (χ2n) is 6.23. The smallest absolute Gasteiger partial charge is 0.281 e. The van der Waals surface area contributed by atoms with Gasteiger partial charge in [-0.05, 0) is 74.5 Å². The van der Waals surface area contributed by atoms with Gasteiger partial charge in [0.25, 0.3) is 5.91 Å². The number of hydrogen-bond acceptors (Lipinski definition) is 3. The summed E-state index contributed by atoms with van der Waals surface area (Å²) >= 11 is 5.37. The SMILES string of the molecule is CCN(CC)c1ccc(/C=C2/NC(=S)N(c3cccc(C)c3)C2=O)cc1. The molecule has 0 unspecified atom stereocenters. The summed E-state index contributed by atoms with van der Waals surface area (Å²) in [5, 5.41) is 3.45. The van der Waals surface area contributed by atoms with Crippen molar-refractivity contribution < 1.29 is 4.79 Å². The Kier molecular flexibility index (Phi) is 5.38. The lowest BCUT2D eigenvalue weighted by Gasteiger charge is -2.20. The average molecular weight is 366 g/mol. The van der Waals surface area contributed by atoms with Crippen molar-refractivity contribution in [2.24, 2.45) is 0 Å². The van der Waals surface area contributed by atoms with E-state index in [2.05, 4.69) is 36.2 Å². The molecule has 0 radical (unpaired) electrons. The van der Waals surface area contributed by atoms with Crippen LogP contribution >= 0.6 is 12.2 Å². The molecule has 0 spiro atoms. The highest BCUT2D eigenvalue weighted by Crippen LogP contribution is 2.24. The molecule has 1 amide bonds. The van der Waals surface area contributed by atoms with Gasteiger partial charge in [-0.1, -0.05) is 24.3 Å². The fourth-order valence-corrected chi connectivity index (χ4v) is 3.37. The van der Waals surface area contributed by atoms with Crippen molar-refractivity contribution in [3.8, 4) is 0 Å². The summed E-state index contributed by atoms with van der Waals surface area (Å²) in [4.78, 5) is 16.6. The number of rotatable bonds is 5. The first-order chi connectivity index (χ1) is 12.5. The molecule has 2 aromatic rings. The van der Waals surface area contributed by atoms with Gasteiger partial charge in [0.2, 0.25) is 0 Å². The van der Waals surface area contributed by atoms with Crippen LogP contribution in [0.2, 0.25) is 0 Å². The normalized spacial score (nSPS) is 15.5. The molecule has 1 N–H and O–H groups in total. The molecule has 0 aromatic heterocycles. The van der Waals surface area contributed by atoms with E-state index in [0.29, 0.717) is 10.8 Å². The Hall–Kier alpha value is -2.66. The summed E-state index contributed by atoms with van der Waals surface area (Å²) in [5.74, 6) is -0.131. The number of carbonyl (C=O) groups is 1. The van der Waals surface area contributed by atoms with E-state index in [0.717, 1.165) is 29.9 Å². The van der Waals surface area contributed by atoms with Crippen LogP contribution in [-0.4, -0.2) is 24.1 Å². The van der Waals surface area contributed by atoms with Crippen molar-refractivity contribution in [3.05, 3.63) is 65.4 Å². The highest BCUT2D eigenvalue weighted by Gasteiger charge is 2.31. The number of hydrogen-bond donors (Lipinski definition) is 1. The maximum Gasteiger partial charge on any atom is 0.281 e. The van der Waals surface area contributed by atoms with E-state index in [-0.39, 0.29) is 5.91 Å². The lowest BCUT2D eigenvalue weighted by molar-refractivity contribution is -0.113. The third-order valence-corrected chi connectivity index (χ3v) is 4.76. The fourth-order valence-electron chi connectivity index (χ4n) is 3.07. The zero-order chi connectivity index (χ0) is 18.7. The summed E-state index contributed by atoms with van der Waals surface area (Å²) in [6.07, 6.45) is 1.84. The highest BCUT2D eigenvalue weighted by molar-refractivity contribution is 7.80. The van der Waals surface area contributed by atoms with Crippen molar-refractivity contribution in [2.75, 3.05) is 22.9 Å². The van der Waals surface area contributed by atoms with Crippen LogP contribution in [0.4, 0.5) is 11.4 Å². The summed E-state index contributed by atoms with van der Waals surface area (Å²) in [5.41, 5.74) is 4.51. The van der Waals surface area contributed by atoms with Crippen LogP contribution in [0.5, 0.6) is 0 Å². The van der Waals surface area contributed by atoms with E-state index in [1.807, 2.05) is 49.4 Å². The molecule has 1 saturated heterocycles. The second-order valence-corrected chi connectivity index (χ2v) is 6.62. The number of amides is 1. The summed E-state index contributed by atoms with van der Waals surface area (Å²) in [7, 11) is 0. The number of anilines is 2. The summed E-state index contributed by atoms with van der Waals surface area (Å²) in [6, 6.07) is 16.0. The molecular formula is C21H23N3OS. The van der Waals surface area contributed by atoms with Gasteiger partial charge in [-0.15, -0.1) is 0 Å². The fraction of sp³-hybridized carbons (Fsp3) is 0.238. The van der Waals surface area contributed by atoms with Gasteiger partial charge >= 0.3 is 0 Å². The molecule has 26 heavy (non-hydrogen) atoms. The monoisotopic (exact) mass is 365 g/mol. The number of benzene rings is 2. The van der Waals surface area contributed by atoms with Crippen LogP contribution < -0.4 is 15.1 Å². The van der Waals surface area contributed by atoms with E-state index >= 15 is 0 Å². The standard InChI is InChI=1S/C21H23N3OS/c1-4-23(5-2)17-11-9-16(10-12-17)14-19-20(25)24(21(26)22-19)18-8-6-7-15(3)13-18/h6-14H,4-5H2,1-3H3,(H,22,26)/b19-14+. The van der Waals surface area contributed by atoms with Crippen LogP contribution in [0, 0.1) is 6.92 Å². The van der Waals surface area contributed by atoms with E-state index < -0.39 is 0 Å². The molecule has 2 aromatic carbocycles. The Morgan fingerprint density at radius 2 is 1.81 bits per heavy atom. The van der Waals surface area contributed by atoms with Crippen molar-refractivity contribution in [1.29, 1.82) is 0 Å². The van der Waals surface area contributed by atoms with Gasteiger partial charge in [-0.25, -0.2) is 0 Å². The van der Waals surface area contributed by atoms with E-state index in [9.17, 15) is 4.79 Å². The van der Waals surface area contributed by atoms with Crippen molar-refractivity contribution in [3.63, 3.8) is 0 Å². The molecule has 0 aliphatic carbocycles. The van der Waals surface area contributed by atoms with Crippen molar-refractivity contribution in [1.82, 2.24) is 5.32 Å². The minimum absolute atomic E-state index is 0.131. The van der Waals surface area contributed by atoms with Crippen LogP contribution in [0.1, 0.15) is 25.0 Å². The van der Waals surface area contributed by atoms with E-state index in [4.69, 9.17) is 12.2 Å². The van der Waals surface area contributed by atoms with Crippen molar-refractivity contribution >= 4 is 40.7 Å². The Bertz CT molecular complexity index is 854. The van der Waals surface area contributed by atoms with E-state index in [1.54, 1.807) is 4.90 Å². The minimum atomic E-state index is -0.131. The number of nitrogens with zero attached hydrogens (tertiary/aromatic N) is 2. The van der Waals surface area contributed by atoms with Crippen LogP contribution in [0.15, 0.2) is 54.2 Å². The molecule has 0 atom stereocenters. The summed E-state index contributed by atoms with van der Waals surface area (Å²) < 4.78 is 0. The molecule has 1 heterocycles. The molecule has 134 valence electrons. The molecule has 1 fully saturated rings.